The summed E-state index contributed by atoms with van der Waals surface area (Å²) < 4.78 is 31.6. The maximum Gasteiger partial charge on any atom is 0.278 e. The van der Waals surface area contributed by atoms with Crippen LogP contribution in [-0.2, 0) is 10.0 Å². The minimum absolute atomic E-state index is 0.0886. The van der Waals surface area contributed by atoms with Gasteiger partial charge in [0.15, 0.2) is 0 Å². The lowest BCUT2D eigenvalue weighted by molar-refractivity contribution is 0.0698. The highest BCUT2D eigenvalue weighted by atomic mass is 32.2. The summed E-state index contributed by atoms with van der Waals surface area (Å²) in [5, 5.41) is 2.18. The molecule has 4 rings (SSSR count). The van der Waals surface area contributed by atoms with E-state index < -0.39 is 10.0 Å². The fraction of sp³-hybridized carbons (Fsp3) is 0.412. The summed E-state index contributed by atoms with van der Waals surface area (Å²) in [4.78, 5) is 18.4. The second-order valence-electron chi connectivity index (χ2n) is 6.36. The Morgan fingerprint density at radius 1 is 1.12 bits per heavy atom. The second kappa shape index (κ2) is 6.98. The highest BCUT2D eigenvalue weighted by molar-refractivity contribution is 7.90. The van der Waals surface area contributed by atoms with Crippen LogP contribution in [-0.4, -0.2) is 59.9 Å². The van der Waals surface area contributed by atoms with Gasteiger partial charge in [0.2, 0.25) is 10.0 Å². The number of thiazole rings is 1. The Labute approximate surface area is 156 Å². The molecule has 0 unspecified atom stereocenters. The van der Waals surface area contributed by atoms with Gasteiger partial charge in [0.25, 0.3) is 11.1 Å². The van der Waals surface area contributed by atoms with Crippen molar-refractivity contribution in [1.82, 2.24) is 14.2 Å². The van der Waals surface area contributed by atoms with E-state index in [-0.39, 0.29) is 11.2 Å². The van der Waals surface area contributed by atoms with E-state index in [0.717, 1.165) is 12.8 Å². The van der Waals surface area contributed by atoms with Crippen LogP contribution in [0.15, 0.2) is 35.8 Å². The number of sulfonamides is 1. The quantitative estimate of drug-likeness (QED) is 0.778. The summed E-state index contributed by atoms with van der Waals surface area (Å²) in [6, 6.07) is 6.92. The van der Waals surface area contributed by atoms with Gasteiger partial charge in [0.05, 0.1) is 5.25 Å². The van der Waals surface area contributed by atoms with E-state index in [4.69, 9.17) is 4.74 Å². The van der Waals surface area contributed by atoms with Crippen LogP contribution in [0.25, 0.3) is 0 Å². The van der Waals surface area contributed by atoms with Crippen molar-refractivity contribution >= 4 is 27.3 Å². The smallest absolute Gasteiger partial charge is 0.278 e. The molecule has 1 saturated carbocycles. The monoisotopic (exact) mass is 393 g/mol. The van der Waals surface area contributed by atoms with Gasteiger partial charge in [0, 0.05) is 43.3 Å². The standard InChI is InChI=1S/C17H19N3O4S2/c21-16(13-1-3-14(4-2-13)24-17-18-7-12-25-17)19-8-10-20(11-9-19)26(22,23)15-5-6-15/h1-4,7,12,15H,5-6,8-11H2. The first-order valence-electron chi connectivity index (χ1n) is 8.50. The van der Waals surface area contributed by atoms with Gasteiger partial charge in [-0.05, 0) is 37.1 Å². The minimum Gasteiger partial charge on any atom is -0.431 e. The first-order chi connectivity index (χ1) is 12.5. The number of carbonyl (C=O) groups excluding carboxylic acids is 1. The van der Waals surface area contributed by atoms with Gasteiger partial charge >= 0.3 is 0 Å². The van der Waals surface area contributed by atoms with Crippen LogP contribution in [0.2, 0.25) is 0 Å². The van der Waals surface area contributed by atoms with E-state index in [2.05, 4.69) is 4.98 Å². The molecular formula is C17H19N3O4S2. The molecule has 26 heavy (non-hydrogen) atoms. The number of aromatic nitrogens is 1. The van der Waals surface area contributed by atoms with Crippen molar-refractivity contribution < 1.29 is 17.9 Å². The lowest BCUT2D eigenvalue weighted by Crippen LogP contribution is -2.51. The number of amides is 1. The number of rotatable bonds is 5. The molecular weight excluding hydrogens is 374 g/mol. The zero-order valence-corrected chi connectivity index (χ0v) is 15.7. The molecule has 2 heterocycles. The maximum absolute atomic E-state index is 12.6. The fourth-order valence-corrected chi connectivity index (χ4v) is 5.26. The van der Waals surface area contributed by atoms with Crippen molar-refractivity contribution in [3.63, 3.8) is 0 Å². The van der Waals surface area contributed by atoms with E-state index in [1.165, 1.54) is 15.6 Å². The fourth-order valence-electron chi connectivity index (χ4n) is 2.93. The van der Waals surface area contributed by atoms with E-state index in [1.807, 2.05) is 5.38 Å². The van der Waals surface area contributed by atoms with Gasteiger partial charge in [-0.3, -0.25) is 4.79 Å². The van der Waals surface area contributed by atoms with Gasteiger partial charge in [-0.15, -0.1) is 0 Å². The molecule has 0 bridgehead atoms. The molecule has 2 aromatic rings. The van der Waals surface area contributed by atoms with Gasteiger partial charge in [-0.1, -0.05) is 11.3 Å². The molecule has 1 aromatic heterocycles. The van der Waals surface area contributed by atoms with Gasteiger partial charge in [-0.25, -0.2) is 13.4 Å². The highest BCUT2D eigenvalue weighted by Crippen LogP contribution is 2.31. The number of ether oxygens (including phenoxy) is 1. The SMILES string of the molecule is O=C(c1ccc(Oc2nccs2)cc1)N1CCN(S(=O)(=O)C2CC2)CC1. The van der Waals surface area contributed by atoms with E-state index in [0.29, 0.717) is 42.7 Å². The van der Waals surface area contributed by atoms with Gasteiger partial charge < -0.3 is 9.64 Å². The zero-order valence-electron chi connectivity index (χ0n) is 14.1. The molecule has 1 aromatic carbocycles. The Balaban J connectivity index is 1.36. The number of nitrogens with zero attached hydrogens (tertiary/aromatic N) is 3. The Hall–Kier alpha value is -1.97. The van der Waals surface area contributed by atoms with Crippen LogP contribution in [0, 0.1) is 0 Å². The van der Waals surface area contributed by atoms with Crippen molar-refractivity contribution in [3.8, 4) is 10.9 Å². The maximum atomic E-state index is 12.6. The van der Waals surface area contributed by atoms with Crippen LogP contribution in [0.5, 0.6) is 10.9 Å². The predicted octanol–water partition coefficient (Wildman–Crippen LogP) is 2.19. The zero-order chi connectivity index (χ0) is 18.1. The van der Waals surface area contributed by atoms with E-state index in [1.54, 1.807) is 35.4 Å². The third-order valence-electron chi connectivity index (χ3n) is 4.55. The molecule has 9 heteroatoms. The van der Waals surface area contributed by atoms with Crippen LogP contribution >= 0.6 is 11.3 Å². The van der Waals surface area contributed by atoms with Crippen LogP contribution in [0.3, 0.4) is 0 Å². The summed E-state index contributed by atoms with van der Waals surface area (Å²) in [6.45, 7) is 1.58. The molecule has 0 atom stereocenters. The third-order valence-corrected chi connectivity index (χ3v) is 7.59. The predicted molar refractivity (Wildman–Crippen MR) is 98.0 cm³/mol. The summed E-state index contributed by atoms with van der Waals surface area (Å²) in [6.07, 6.45) is 3.19. The van der Waals surface area contributed by atoms with Crippen LogP contribution < -0.4 is 4.74 Å². The minimum atomic E-state index is -3.16. The molecule has 7 nitrogen and oxygen atoms in total. The second-order valence-corrected chi connectivity index (χ2v) is 9.43. The average Bonchev–Trinajstić information content (AvgIpc) is 3.41. The number of hydrogen-bond acceptors (Lipinski definition) is 6. The lowest BCUT2D eigenvalue weighted by atomic mass is 10.2. The molecule has 2 fully saturated rings. The van der Waals surface area contributed by atoms with Crippen LogP contribution in [0.1, 0.15) is 23.2 Å². The Morgan fingerprint density at radius 3 is 2.38 bits per heavy atom. The van der Waals surface area contributed by atoms with Crippen LogP contribution in [0.4, 0.5) is 0 Å². The number of benzene rings is 1. The summed E-state index contributed by atoms with van der Waals surface area (Å²) in [5.74, 6) is 0.533. The molecule has 0 radical (unpaired) electrons. The molecule has 2 aliphatic rings. The third kappa shape index (κ3) is 3.60. The number of carbonyl (C=O) groups is 1. The molecule has 1 saturated heterocycles. The van der Waals surface area contributed by atoms with Crippen molar-refractivity contribution in [2.24, 2.45) is 0 Å². The summed E-state index contributed by atoms with van der Waals surface area (Å²) in [5.41, 5.74) is 0.565. The molecule has 0 N–H and O–H groups in total. The number of hydrogen-bond donors (Lipinski definition) is 0. The van der Waals surface area contributed by atoms with E-state index >= 15 is 0 Å². The Bertz CT molecular complexity index is 869. The molecule has 138 valence electrons. The normalized spacial score (nSPS) is 18.7. The largest absolute Gasteiger partial charge is 0.431 e. The van der Waals surface area contributed by atoms with Gasteiger partial charge in [-0.2, -0.15) is 4.31 Å². The average molecular weight is 393 g/mol. The summed E-state index contributed by atoms with van der Waals surface area (Å²) in [7, 11) is -3.16. The summed E-state index contributed by atoms with van der Waals surface area (Å²) >= 11 is 1.40. The van der Waals surface area contributed by atoms with Crippen molar-refractivity contribution in [3.05, 3.63) is 41.4 Å². The topological polar surface area (TPSA) is 79.8 Å². The van der Waals surface area contributed by atoms with E-state index in [9.17, 15) is 13.2 Å². The van der Waals surface area contributed by atoms with Gasteiger partial charge in [0.1, 0.15) is 5.75 Å². The lowest BCUT2D eigenvalue weighted by Gasteiger charge is -2.34. The first kappa shape index (κ1) is 17.4. The molecule has 1 aliphatic heterocycles. The van der Waals surface area contributed by atoms with Crippen molar-refractivity contribution in [2.75, 3.05) is 26.2 Å². The Morgan fingerprint density at radius 2 is 1.81 bits per heavy atom. The first-order valence-corrected chi connectivity index (χ1v) is 10.9. The van der Waals surface area contributed by atoms with Crippen molar-refractivity contribution in [1.29, 1.82) is 0 Å². The molecule has 0 spiro atoms. The Kier molecular flexibility index (Phi) is 4.68. The molecule has 1 amide bonds. The highest BCUT2D eigenvalue weighted by Gasteiger charge is 2.41. The molecule has 1 aliphatic carbocycles. The number of piperazine rings is 1. The van der Waals surface area contributed by atoms with Crippen molar-refractivity contribution in [2.45, 2.75) is 18.1 Å².